The van der Waals surface area contributed by atoms with Crippen LogP contribution in [-0.2, 0) is 14.8 Å². The van der Waals surface area contributed by atoms with Crippen molar-refractivity contribution in [3.05, 3.63) is 48.0 Å². The predicted octanol–water partition coefficient (Wildman–Crippen LogP) is 3.40. The molecule has 0 amide bonds. The molecule has 4 rings (SSSR count). The van der Waals surface area contributed by atoms with E-state index in [9.17, 15) is 8.42 Å². The third-order valence-electron chi connectivity index (χ3n) is 5.30. The van der Waals surface area contributed by atoms with E-state index in [1.807, 2.05) is 37.3 Å². The Bertz CT molecular complexity index is 973. The fourth-order valence-electron chi connectivity index (χ4n) is 3.60. The van der Waals surface area contributed by atoms with Gasteiger partial charge in [-0.2, -0.15) is 0 Å². The third kappa shape index (κ3) is 4.77. The van der Waals surface area contributed by atoms with Crippen molar-refractivity contribution in [1.82, 2.24) is 4.90 Å². The minimum atomic E-state index is -3.61. The van der Waals surface area contributed by atoms with Gasteiger partial charge in [0.15, 0.2) is 0 Å². The summed E-state index contributed by atoms with van der Waals surface area (Å²) in [7, 11) is -1.53. The quantitative estimate of drug-likeness (QED) is 0.577. The van der Waals surface area contributed by atoms with E-state index in [0.717, 1.165) is 35.7 Å². The highest BCUT2D eigenvalue weighted by atomic mass is 32.2. The molecule has 0 bridgehead atoms. The Morgan fingerprint density at radius 3 is 2.60 bits per heavy atom. The molecular formula is C22H28N2O4S2. The smallest absolute Gasteiger partial charge is 0.264 e. The van der Waals surface area contributed by atoms with Gasteiger partial charge in [0.1, 0.15) is 5.75 Å². The Hall–Kier alpha value is -1.74. The lowest BCUT2D eigenvalue weighted by molar-refractivity contribution is -0.0457. The molecule has 2 aromatic carbocycles. The van der Waals surface area contributed by atoms with Crippen LogP contribution >= 0.6 is 11.8 Å². The average Bonchev–Trinajstić information content (AvgIpc) is 2.71. The zero-order valence-electron chi connectivity index (χ0n) is 17.4. The minimum absolute atomic E-state index is 0.316. The van der Waals surface area contributed by atoms with Gasteiger partial charge in [0, 0.05) is 42.8 Å². The molecule has 0 aromatic heterocycles. The standard InChI is InChI=1S/C22H28N2O4S2/c1-17-4-7-20(8-5-17)30(25,26)24-10-13-29-22-9-6-18(14-21(22)24)27-11-3-12-28-19-15-23(2)16-19/h4-9,14,19H,3,10-13,15-16H2,1-2H3. The molecule has 0 atom stereocenters. The molecule has 0 radical (unpaired) electrons. The van der Waals surface area contributed by atoms with Gasteiger partial charge in [-0.25, -0.2) is 8.42 Å². The minimum Gasteiger partial charge on any atom is -0.493 e. The molecule has 8 heteroatoms. The van der Waals surface area contributed by atoms with E-state index in [-0.39, 0.29) is 0 Å². The van der Waals surface area contributed by atoms with Crippen molar-refractivity contribution in [2.24, 2.45) is 0 Å². The molecule has 0 aliphatic carbocycles. The molecule has 0 saturated carbocycles. The first-order valence-corrected chi connectivity index (χ1v) is 12.7. The van der Waals surface area contributed by atoms with Gasteiger partial charge in [0.25, 0.3) is 10.0 Å². The van der Waals surface area contributed by atoms with Crippen LogP contribution in [0.15, 0.2) is 52.3 Å². The van der Waals surface area contributed by atoms with Crippen molar-refractivity contribution in [2.75, 3.05) is 50.0 Å². The lowest BCUT2D eigenvalue weighted by Gasteiger charge is -2.35. The highest BCUT2D eigenvalue weighted by Gasteiger charge is 2.30. The van der Waals surface area contributed by atoms with Crippen molar-refractivity contribution in [2.45, 2.75) is 29.2 Å². The highest BCUT2D eigenvalue weighted by molar-refractivity contribution is 8.00. The second-order valence-corrected chi connectivity index (χ2v) is 10.8. The number of anilines is 1. The van der Waals surface area contributed by atoms with Crippen LogP contribution in [0.1, 0.15) is 12.0 Å². The zero-order chi connectivity index (χ0) is 21.1. The molecule has 30 heavy (non-hydrogen) atoms. The van der Waals surface area contributed by atoms with Gasteiger partial charge in [0.05, 0.1) is 29.9 Å². The second-order valence-electron chi connectivity index (χ2n) is 7.78. The molecule has 6 nitrogen and oxygen atoms in total. The molecule has 2 aliphatic heterocycles. The van der Waals surface area contributed by atoms with Gasteiger partial charge in [-0.3, -0.25) is 4.31 Å². The zero-order valence-corrected chi connectivity index (χ0v) is 19.0. The number of benzene rings is 2. The number of thioether (sulfide) groups is 1. The van der Waals surface area contributed by atoms with E-state index < -0.39 is 10.0 Å². The summed E-state index contributed by atoms with van der Waals surface area (Å²) in [4.78, 5) is 3.50. The van der Waals surface area contributed by atoms with Crippen molar-refractivity contribution in [3.63, 3.8) is 0 Å². The van der Waals surface area contributed by atoms with Crippen molar-refractivity contribution < 1.29 is 17.9 Å². The van der Waals surface area contributed by atoms with Crippen molar-refractivity contribution in [1.29, 1.82) is 0 Å². The maximum Gasteiger partial charge on any atom is 0.264 e. The lowest BCUT2D eigenvalue weighted by Crippen LogP contribution is -2.49. The number of aryl methyl sites for hydroxylation is 1. The molecule has 2 aromatic rings. The summed E-state index contributed by atoms with van der Waals surface area (Å²) in [5.74, 6) is 1.41. The molecule has 162 valence electrons. The molecule has 0 unspecified atom stereocenters. The molecule has 1 saturated heterocycles. The first-order chi connectivity index (χ1) is 14.4. The molecular weight excluding hydrogens is 420 g/mol. The Labute approximate surface area is 183 Å². The highest BCUT2D eigenvalue weighted by Crippen LogP contribution is 2.40. The van der Waals surface area contributed by atoms with Gasteiger partial charge < -0.3 is 14.4 Å². The van der Waals surface area contributed by atoms with Crippen LogP contribution in [0.2, 0.25) is 0 Å². The van der Waals surface area contributed by atoms with Gasteiger partial charge >= 0.3 is 0 Å². The predicted molar refractivity (Wildman–Crippen MR) is 120 cm³/mol. The van der Waals surface area contributed by atoms with Crippen LogP contribution in [-0.4, -0.2) is 65.1 Å². The maximum absolute atomic E-state index is 13.2. The van der Waals surface area contributed by atoms with E-state index in [4.69, 9.17) is 9.47 Å². The summed E-state index contributed by atoms with van der Waals surface area (Å²) in [5, 5.41) is 0. The van der Waals surface area contributed by atoms with Crippen LogP contribution in [0.25, 0.3) is 0 Å². The third-order valence-corrected chi connectivity index (χ3v) is 8.17. The number of fused-ring (bicyclic) bond motifs is 1. The van der Waals surface area contributed by atoms with Gasteiger partial charge in [-0.05, 0) is 38.2 Å². The van der Waals surface area contributed by atoms with Crippen LogP contribution < -0.4 is 9.04 Å². The van der Waals surface area contributed by atoms with Gasteiger partial charge in [-0.1, -0.05) is 17.7 Å². The SMILES string of the molecule is Cc1ccc(S(=O)(=O)N2CCSc3ccc(OCCCOC4CN(C)C4)cc32)cc1. The average molecular weight is 449 g/mol. The van der Waals surface area contributed by atoms with E-state index in [2.05, 4.69) is 11.9 Å². The molecule has 1 fully saturated rings. The van der Waals surface area contributed by atoms with Crippen LogP contribution in [0.4, 0.5) is 5.69 Å². The number of hydrogen-bond acceptors (Lipinski definition) is 6. The maximum atomic E-state index is 13.2. The summed E-state index contributed by atoms with van der Waals surface area (Å²) in [6.45, 7) is 5.60. The van der Waals surface area contributed by atoms with Crippen LogP contribution in [0.5, 0.6) is 5.75 Å². The number of rotatable bonds is 8. The largest absolute Gasteiger partial charge is 0.493 e. The second kappa shape index (κ2) is 9.18. The lowest BCUT2D eigenvalue weighted by atomic mass is 10.2. The number of likely N-dealkylation sites (N-methyl/N-ethyl adjacent to an activating group) is 1. The van der Waals surface area contributed by atoms with Crippen LogP contribution in [0.3, 0.4) is 0 Å². The van der Waals surface area contributed by atoms with Crippen molar-refractivity contribution >= 4 is 27.5 Å². The van der Waals surface area contributed by atoms with Crippen LogP contribution in [0, 0.1) is 6.92 Å². The summed E-state index contributed by atoms with van der Waals surface area (Å²) in [6, 6.07) is 12.7. The van der Waals surface area contributed by atoms with Crippen molar-refractivity contribution in [3.8, 4) is 5.75 Å². The fourth-order valence-corrected chi connectivity index (χ4v) is 6.22. The number of sulfonamides is 1. The normalized spacial score (nSPS) is 17.5. The summed E-state index contributed by atoms with van der Waals surface area (Å²) < 4.78 is 39.7. The first kappa shape index (κ1) is 21.5. The van der Waals surface area contributed by atoms with E-state index in [1.54, 1.807) is 23.9 Å². The topological polar surface area (TPSA) is 59.1 Å². The van der Waals surface area contributed by atoms with E-state index in [0.29, 0.717) is 42.2 Å². The summed E-state index contributed by atoms with van der Waals surface area (Å²) >= 11 is 1.67. The Morgan fingerprint density at radius 2 is 1.87 bits per heavy atom. The number of hydrogen-bond donors (Lipinski definition) is 0. The number of ether oxygens (including phenoxy) is 2. The molecule has 2 heterocycles. The monoisotopic (exact) mass is 448 g/mol. The van der Waals surface area contributed by atoms with E-state index in [1.165, 1.54) is 4.31 Å². The van der Waals surface area contributed by atoms with E-state index >= 15 is 0 Å². The fraction of sp³-hybridized carbons (Fsp3) is 0.455. The Balaban J connectivity index is 1.41. The summed E-state index contributed by atoms with van der Waals surface area (Å²) in [5.41, 5.74) is 1.73. The Morgan fingerprint density at radius 1 is 1.10 bits per heavy atom. The first-order valence-electron chi connectivity index (χ1n) is 10.2. The Kier molecular flexibility index (Phi) is 6.57. The number of likely N-dealkylation sites (tertiary alicyclic amines) is 1. The molecule has 2 aliphatic rings. The van der Waals surface area contributed by atoms with Gasteiger partial charge in [-0.15, -0.1) is 11.8 Å². The summed E-state index contributed by atoms with van der Waals surface area (Å²) in [6.07, 6.45) is 1.15. The van der Waals surface area contributed by atoms with Gasteiger partial charge in [0.2, 0.25) is 0 Å². The molecule has 0 spiro atoms. The molecule has 0 N–H and O–H groups in total. The number of nitrogens with zero attached hydrogens (tertiary/aromatic N) is 2.